The lowest BCUT2D eigenvalue weighted by Crippen LogP contribution is -2.06. The number of esters is 1. The normalized spacial score (nSPS) is 10.0. The number of halogens is 2. The van der Waals surface area contributed by atoms with E-state index in [1.54, 1.807) is 6.07 Å². The predicted octanol–water partition coefficient (Wildman–Crippen LogP) is 0.910. The highest BCUT2D eigenvalue weighted by Gasteiger charge is 2.08. The van der Waals surface area contributed by atoms with E-state index in [1.807, 2.05) is 22.6 Å². The zero-order chi connectivity index (χ0) is 9.84. The molecule has 0 aliphatic carbocycles. The van der Waals surface area contributed by atoms with Crippen LogP contribution in [-0.2, 0) is 4.74 Å². The van der Waals surface area contributed by atoms with Crippen molar-refractivity contribution >= 4 is 38.8 Å². The number of rotatable bonds is 2. The number of benzene rings is 1. The van der Waals surface area contributed by atoms with Crippen molar-refractivity contribution in [3.8, 4) is 0 Å². The highest BCUT2D eigenvalue weighted by atomic mass is 127. The molecule has 0 fully saturated rings. The second-order valence-electron chi connectivity index (χ2n) is 2.38. The SMILES string of the molecule is O=C(OC[SiH3])c1cc(F)cc(I)c1. The van der Waals surface area contributed by atoms with Gasteiger partial charge in [0.1, 0.15) is 5.82 Å². The van der Waals surface area contributed by atoms with Gasteiger partial charge in [-0.1, -0.05) is 0 Å². The van der Waals surface area contributed by atoms with Crippen molar-refractivity contribution in [3.05, 3.63) is 33.1 Å². The van der Waals surface area contributed by atoms with Crippen molar-refractivity contribution < 1.29 is 13.9 Å². The minimum Gasteiger partial charge on any atom is -0.467 e. The highest BCUT2D eigenvalue weighted by Crippen LogP contribution is 2.12. The Labute approximate surface area is 92.0 Å². The topological polar surface area (TPSA) is 26.3 Å². The third-order valence-electron chi connectivity index (χ3n) is 1.37. The first-order chi connectivity index (χ1) is 6.13. The van der Waals surface area contributed by atoms with Gasteiger partial charge in [0.2, 0.25) is 0 Å². The van der Waals surface area contributed by atoms with Gasteiger partial charge < -0.3 is 4.74 Å². The average molecular weight is 310 g/mol. The Balaban J connectivity index is 2.94. The van der Waals surface area contributed by atoms with Crippen LogP contribution in [0.5, 0.6) is 0 Å². The minimum atomic E-state index is -0.451. The van der Waals surface area contributed by atoms with Gasteiger partial charge in [-0.25, -0.2) is 9.18 Å². The summed E-state index contributed by atoms with van der Waals surface area (Å²) in [5.41, 5.74) is 0.278. The van der Waals surface area contributed by atoms with Gasteiger partial charge in [-0.3, -0.25) is 0 Å². The summed E-state index contributed by atoms with van der Waals surface area (Å²) in [5.74, 6) is -0.861. The molecule has 0 bridgehead atoms. The van der Waals surface area contributed by atoms with Gasteiger partial charge in [-0.15, -0.1) is 0 Å². The molecule has 0 aromatic heterocycles. The maximum Gasteiger partial charge on any atom is 0.337 e. The van der Waals surface area contributed by atoms with Crippen molar-refractivity contribution in [2.75, 3.05) is 6.23 Å². The summed E-state index contributed by atoms with van der Waals surface area (Å²) in [4.78, 5) is 11.2. The van der Waals surface area contributed by atoms with E-state index in [-0.39, 0.29) is 5.56 Å². The molecule has 0 spiro atoms. The molecule has 1 aromatic carbocycles. The fourth-order valence-electron chi connectivity index (χ4n) is 0.886. The summed E-state index contributed by atoms with van der Waals surface area (Å²) < 4.78 is 18.3. The molecule has 0 amide bonds. The first-order valence-electron chi connectivity index (χ1n) is 3.76. The van der Waals surface area contributed by atoms with Gasteiger partial charge in [-0.05, 0) is 40.8 Å². The lowest BCUT2D eigenvalue weighted by atomic mass is 10.2. The lowest BCUT2D eigenvalue weighted by molar-refractivity contribution is 0.0573. The van der Waals surface area contributed by atoms with Gasteiger partial charge in [-0.2, -0.15) is 0 Å². The third-order valence-corrected chi connectivity index (χ3v) is 2.29. The van der Waals surface area contributed by atoms with Crippen LogP contribution in [0.15, 0.2) is 18.2 Å². The van der Waals surface area contributed by atoms with Gasteiger partial charge >= 0.3 is 5.97 Å². The monoisotopic (exact) mass is 310 g/mol. The van der Waals surface area contributed by atoms with E-state index in [0.717, 1.165) is 10.2 Å². The quantitative estimate of drug-likeness (QED) is 0.461. The van der Waals surface area contributed by atoms with Crippen LogP contribution in [0.1, 0.15) is 10.4 Å². The Morgan fingerprint density at radius 2 is 2.23 bits per heavy atom. The summed E-state index contributed by atoms with van der Waals surface area (Å²) in [6.07, 6.45) is 0.436. The number of ether oxygens (including phenoxy) is 1. The molecule has 0 heterocycles. The van der Waals surface area contributed by atoms with E-state index in [1.165, 1.54) is 12.1 Å². The van der Waals surface area contributed by atoms with Crippen molar-refractivity contribution in [2.45, 2.75) is 0 Å². The van der Waals surface area contributed by atoms with Crippen molar-refractivity contribution in [2.24, 2.45) is 0 Å². The van der Waals surface area contributed by atoms with E-state index in [0.29, 0.717) is 9.80 Å². The van der Waals surface area contributed by atoms with Crippen LogP contribution < -0.4 is 0 Å². The minimum absolute atomic E-state index is 0.278. The fraction of sp³-hybridized carbons (Fsp3) is 0.125. The summed E-state index contributed by atoms with van der Waals surface area (Å²) >= 11 is 1.95. The van der Waals surface area contributed by atoms with Crippen LogP contribution in [0.2, 0.25) is 0 Å². The molecule has 0 atom stereocenters. The number of carbonyl (C=O) groups is 1. The summed E-state index contributed by atoms with van der Waals surface area (Å²) in [6, 6.07) is 4.14. The standard InChI is InChI=1S/C8H8FIO2Si/c9-6-1-5(2-7(10)3-6)8(11)12-4-13/h1-3H,4H2,13H3. The Kier molecular flexibility index (Phi) is 3.85. The first kappa shape index (κ1) is 10.6. The molecule has 0 unspecified atom stereocenters. The number of hydrogen-bond acceptors (Lipinski definition) is 2. The van der Waals surface area contributed by atoms with Crippen LogP contribution >= 0.6 is 22.6 Å². The molecule has 0 radical (unpaired) electrons. The van der Waals surface area contributed by atoms with Gasteiger partial charge in [0, 0.05) is 3.57 Å². The second-order valence-corrected chi connectivity index (χ2v) is 4.20. The second kappa shape index (κ2) is 4.71. The van der Waals surface area contributed by atoms with E-state index in [4.69, 9.17) is 4.74 Å². The van der Waals surface area contributed by atoms with Crippen LogP contribution in [0.3, 0.4) is 0 Å². The third kappa shape index (κ3) is 3.07. The molecule has 2 nitrogen and oxygen atoms in total. The van der Waals surface area contributed by atoms with Gasteiger partial charge in [0.05, 0.1) is 22.0 Å². The Morgan fingerprint density at radius 3 is 2.77 bits per heavy atom. The van der Waals surface area contributed by atoms with Crippen molar-refractivity contribution in [1.29, 1.82) is 0 Å². The van der Waals surface area contributed by atoms with E-state index < -0.39 is 11.8 Å². The lowest BCUT2D eigenvalue weighted by Gasteiger charge is -2.02. The molecule has 0 aliphatic heterocycles. The molecule has 5 heteroatoms. The Bertz CT molecular complexity index is 310. The molecule has 0 N–H and O–H groups in total. The van der Waals surface area contributed by atoms with Crippen LogP contribution in [0, 0.1) is 9.39 Å². The zero-order valence-corrected chi connectivity index (χ0v) is 11.2. The van der Waals surface area contributed by atoms with Gasteiger partial charge in [0.25, 0.3) is 0 Å². The Morgan fingerprint density at radius 1 is 1.54 bits per heavy atom. The summed E-state index contributed by atoms with van der Waals surface area (Å²) in [7, 11) is 0.796. The molecule has 0 saturated carbocycles. The molecule has 70 valence electrons. The van der Waals surface area contributed by atoms with Crippen LogP contribution in [-0.4, -0.2) is 22.4 Å². The number of carbonyl (C=O) groups excluding carboxylic acids is 1. The fourth-order valence-corrected chi connectivity index (χ4v) is 1.78. The average Bonchev–Trinajstić information content (AvgIpc) is 2.03. The summed E-state index contributed by atoms with van der Waals surface area (Å²) in [5, 5.41) is 0. The molecule has 13 heavy (non-hydrogen) atoms. The molecular weight excluding hydrogens is 302 g/mol. The summed E-state index contributed by atoms with van der Waals surface area (Å²) in [6.45, 7) is 0. The predicted molar refractivity (Wildman–Crippen MR) is 59.3 cm³/mol. The smallest absolute Gasteiger partial charge is 0.337 e. The number of hydrogen-bond donors (Lipinski definition) is 0. The van der Waals surface area contributed by atoms with Gasteiger partial charge in [0.15, 0.2) is 0 Å². The molecular formula is C8H8FIO2Si. The van der Waals surface area contributed by atoms with Crippen LogP contribution in [0.25, 0.3) is 0 Å². The molecule has 1 rings (SSSR count). The molecule has 0 saturated heterocycles. The Hall–Kier alpha value is -0.433. The molecule has 1 aromatic rings. The van der Waals surface area contributed by atoms with Crippen molar-refractivity contribution in [3.63, 3.8) is 0 Å². The van der Waals surface area contributed by atoms with E-state index >= 15 is 0 Å². The largest absolute Gasteiger partial charge is 0.467 e. The highest BCUT2D eigenvalue weighted by molar-refractivity contribution is 14.1. The maximum absolute atomic E-state index is 12.8. The van der Waals surface area contributed by atoms with E-state index in [2.05, 4.69) is 0 Å². The zero-order valence-electron chi connectivity index (χ0n) is 7.01. The molecule has 0 aliphatic rings. The van der Waals surface area contributed by atoms with Crippen molar-refractivity contribution in [1.82, 2.24) is 0 Å². The maximum atomic E-state index is 12.8. The first-order valence-corrected chi connectivity index (χ1v) is 6.26. The van der Waals surface area contributed by atoms with E-state index in [9.17, 15) is 9.18 Å². The van der Waals surface area contributed by atoms with Crippen LogP contribution in [0.4, 0.5) is 4.39 Å².